The summed E-state index contributed by atoms with van der Waals surface area (Å²) in [7, 11) is 0. The zero-order valence-electron chi connectivity index (χ0n) is 12.1. The molecule has 0 saturated carbocycles. The number of carboxylic acids is 1. The maximum absolute atomic E-state index is 13.8. The molecule has 2 aromatic carbocycles. The lowest BCUT2D eigenvalue weighted by molar-refractivity contribution is -0.155. The van der Waals surface area contributed by atoms with E-state index in [2.05, 4.69) is 0 Å². The maximum atomic E-state index is 13.8. The summed E-state index contributed by atoms with van der Waals surface area (Å²) in [6.07, 6.45) is -3.21. The van der Waals surface area contributed by atoms with Gasteiger partial charge in [-0.25, -0.2) is 8.78 Å². The van der Waals surface area contributed by atoms with Crippen LogP contribution < -0.4 is 0 Å². The molecule has 3 rings (SSSR count). The van der Waals surface area contributed by atoms with Crippen LogP contribution in [0.1, 0.15) is 27.4 Å². The standard InChI is InChI=1S/C18H14F2O3/c19-16(20)18(17(22)23)14(10-11-6-2-1-3-7-11)12-8-4-5-9-13(12)15(18)21/h1-9,14,16H,10H2,(H,22,23). The minimum atomic E-state index is -3.28. The molecule has 5 heteroatoms. The number of carbonyl (C=O) groups excluding carboxylic acids is 1. The van der Waals surface area contributed by atoms with E-state index < -0.39 is 29.5 Å². The SMILES string of the molecule is O=C(O)C1(C(F)F)C(=O)c2ccccc2C1Cc1ccccc1. The van der Waals surface area contributed by atoms with Gasteiger partial charge in [0, 0.05) is 11.5 Å². The second kappa shape index (κ2) is 5.57. The van der Waals surface area contributed by atoms with Gasteiger partial charge >= 0.3 is 5.97 Å². The summed E-state index contributed by atoms with van der Waals surface area (Å²) in [5.74, 6) is -3.86. The average molecular weight is 316 g/mol. The number of fused-ring (bicyclic) bond motifs is 1. The highest BCUT2D eigenvalue weighted by Gasteiger charge is 2.64. The van der Waals surface area contributed by atoms with Gasteiger partial charge in [-0.15, -0.1) is 0 Å². The molecule has 0 saturated heterocycles. The van der Waals surface area contributed by atoms with Crippen LogP contribution in [0.5, 0.6) is 0 Å². The first-order chi connectivity index (χ1) is 11.0. The van der Waals surface area contributed by atoms with Crippen LogP contribution in [0.2, 0.25) is 0 Å². The average Bonchev–Trinajstić information content (AvgIpc) is 2.79. The fraction of sp³-hybridized carbons (Fsp3) is 0.222. The lowest BCUT2D eigenvalue weighted by atomic mass is 9.73. The number of carboxylic acid groups (broad SMARTS) is 1. The number of hydrogen-bond donors (Lipinski definition) is 1. The van der Waals surface area contributed by atoms with Gasteiger partial charge in [0.1, 0.15) is 0 Å². The summed E-state index contributed by atoms with van der Waals surface area (Å²) in [4.78, 5) is 24.3. The van der Waals surface area contributed by atoms with Crippen molar-refractivity contribution >= 4 is 11.8 Å². The molecule has 0 heterocycles. The van der Waals surface area contributed by atoms with Crippen molar-refractivity contribution in [3.05, 3.63) is 71.3 Å². The third-order valence-corrected chi connectivity index (χ3v) is 4.49. The molecule has 1 aliphatic rings. The monoisotopic (exact) mass is 316 g/mol. The Hall–Kier alpha value is -2.56. The van der Waals surface area contributed by atoms with E-state index in [0.29, 0.717) is 11.1 Å². The van der Waals surface area contributed by atoms with E-state index in [1.165, 1.54) is 6.07 Å². The highest BCUT2D eigenvalue weighted by molar-refractivity contribution is 6.17. The molecule has 0 radical (unpaired) electrons. The summed E-state index contributed by atoms with van der Waals surface area (Å²) in [5, 5.41) is 9.52. The van der Waals surface area contributed by atoms with Crippen LogP contribution in [0.4, 0.5) is 8.78 Å². The predicted molar refractivity (Wildman–Crippen MR) is 79.7 cm³/mol. The molecule has 2 aromatic rings. The fourth-order valence-corrected chi connectivity index (χ4v) is 3.35. The Labute approximate surface area is 131 Å². The van der Waals surface area contributed by atoms with Crippen molar-refractivity contribution in [1.29, 1.82) is 0 Å². The normalized spacial score (nSPS) is 23.1. The van der Waals surface area contributed by atoms with Crippen molar-refractivity contribution in [2.24, 2.45) is 5.41 Å². The van der Waals surface area contributed by atoms with Crippen LogP contribution in [0.3, 0.4) is 0 Å². The topological polar surface area (TPSA) is 54.4 Å². The maximum Gasteiger partial charge on any atom is 0.324 e. The first kappa shape index (κ1) is 15.3. The van der Waals surface area contributed by atoms with Crippen LogP contribution in [0.15, 0.2) is 54.6 Å². The number of alkyl halides is 2. The van der Waals surface area contributed by atoms with Gasteiger partial charge in [-0.2, -0.15) is 0 Å². The Morgan fingerprint density at radius 3 is 2.30 bits per heavy atom. The quantitative estimate of drug-likeness (QED) is 0.878. The molecule has 2 atom stereocenters. The van der Waals surface area contributed by atoms with Gasteiger partial charge in [-0.05, 0) is 17.5 Å². The fourth-order valence-electron chi connectivity index (χ4n) is 3.35. The van der Waals surface area contributed by atoms with Gasteiger partial charge in [0.25, 0.3) is 6.43 Å². The highest BCUT2D eigenvalue weighted by Crippen LogP contribution is 2.52. The minimum absolute atomic E-state index is 0.0697. The third-order valence-electron chi connectivity index (χ3n) is 4.49. The second-order valence-corrected chi connectivity index (χ2v) is 5.63. The van der Waals surface area contributed by atoms with Crippen LogP contribution in [-0.2, 0) is 11.2 Å². The van der Waals surface area contributed by atoms with E-state index in [0.717, 1.165) is 0 Å². The first-order valence-corrected chi connectivity index (χ1v) is 7.18. The summed E-state index contributed by atoms with van der Waals surface area (Å²) < 4.78 is 27.6. The van der Waals surface area contributed by atoms with Gasteiger partial charge < -0.3 is 5.11 Å². The minimum Gasteiger partial charge on any atom is -0.480 e. The number of rotatable bonds is 4. The molecule has 0 aliphatic heterocycles. The van der Waals surface area contributed by atoms with Crippen molar-refractivity contribution in [2.75, 3.05) is 0 Å². The molecule has 0 spiro atoms. The van der Waals surface area contributed by atoms with E-state index in [-0.39, 0.29) is 12.0 Å². The van der Waals surface area contributed by atoms with E-state index in [1.807, 2.05) is 0 Å². The Morgan fingerprint density at radius 1 is 1.09 bits per heavy atom. The second-order valence-electron chi connectivity index (χ2n) is 5.63. The molecule has 3 nitrogen and oxygen atoms in total. The number of hydrogen-bond acceptors (Lipinski definition) is 2. The Kier molecular flexibility index (Phi) is 3.72. The lowest BCUT2D eigenvalue weighted by Gasteiger charge is -2.29. The molecule has 0 bridgehead atoms. The predicted octanol–water partition coefficient (Wildman–Crippen LogP) is 3.55. The van der Waals surface area contributed by atoms with Crippen LogP contribution >= 0.6 is 0 Å². The molecule has 0 aromatic heterocycles. The molecule has 23 heavy (non-hydrogen) atoms. The molecule has 0 amide bonds. The summed E-state index contributed by atoms with van der Waals surface area (Å²) in [6.45, 7) is 0. The molecule has 0 fully saturated rings. The molecule has 118 valence electrons. The molecule has 1 N–H and O–H groups in total. The van der Waals surface area contributed by atoms with Crippen molar-refractivity contribution < 1.29 is 23.5 Å². The van der Waals surface area contributed by atoms with E-state index in [4.69, 9.17) is 0 Å². The van der Waals surface area contributed by atoms with Gasteiger partial charge in [-0.3, -0.25) is 9.59 Å². The summed E-state index contributed by atoms with van der Waals surface area (Å²) >= 11 is 0. The molecule has 2 unspecified atom stereocenters. The van der Waals surface area contributed by atoms with Crippen LogP contribution in [-0.4, -0.2) is 23.3 Å². The molecular formula is C18H14F2O3. The summed E-state index contributed by atoms with van der Waals surface area (Å²) in [5.41, 5.74) is -1.55. The molecular weight excluding hydrogens is 302 g/mol. The van der Waals surface area contributed by atoms with Crippen LogP contribution in [0.25, 0.3) is 0 Å². The number of carbonyl (C=O) groups is 2. The van der Waals surface area contributed by atoms with Gasteiger partial charge in [0.2, 0.25) is 0 Å². The van der Waals surface area contributed by atoms with Crippen LogP contribution in [0, 0.1) is 5.41 Å². The van der Waals surface area contributed by atoms with Crippen molar-refractivity contribution in [2.45, 2.75) is 18.8 Å². The zero-order valence-corrected chi connectivity index (χ0v) is 12.1. The number of benzene rings is 2. The summed E-state index contributed by atoms with van der Waals surface area (Å²) in [6, 6.07) is 14.9. The smallest absolute Gasteiger partial charge is 0.324 e. The van der Waals surface area contributed by atoms with Gasteiger partial charge in [0.05, 0.1) is 0 Å². The number of Topliss-reactive ketones (excluding diaryl/α,β-unsaturated/α-hetero) is 1. The van der Waals surface area contributed by atoms with E-state index in [9.17, 15) is 23.5 Å². The Balaban J connectivity index is 2.18. The highest BCUT2D eigenvalue weighted by atomic mass is 19.3. The van der Waals surface area contributed by atoms with Crippen molar-refractivity contribution in [3.8, 4) is 0 Å². The number of ketones is 1. The van der Waals surface area contributed by atoms with Gasteiger partial charge in [-0.1, -0.05) is 54.6 Å². The Bertz CT molecular complexity index is 758. The lowest BCUT2D eigenvalue weighted by Crippen LogP contribution is -2.47. The van der Waals surface area contributed by atoms with E-state index >= 15 is 0 Å². The van der Waals surface area contributed by atoms with Gasteiger partial charge in [0.15, 0.2) is 11.2 Å². The first-order valence-electron chi connectivity index (χ1n) is 7.18. The van der Waals surface area contributed by atoms with Crippen molar-refractivity contribution in [3.63, 3.8) is 0 Å². The van der Waals surface area contributed by atoms with E-state index in [1.54, 1.807) is 48.5 Å². The molecule has 1 aliphatic carbocycles. The third kappa shape index (κ3) is 2.15. The van der Waals surface area contributed by atoms with Crippen molar-refractivity contribution in [1.82, 2.24) is 0 Å². The zero-order chi connectivity index (χ0) is 16.6. The Morgan fingerprint density at radius 2 is 1.70 bits per heavy atom. The number of halogens is 2. The number of aliphatic carboxylic acids is 1. The largest absolute Gasteiger partial charge is 0.480 e.